The van der Waals surface area contributed by atoms with E-state index < -0.39 is 0 Å². The predicted octanol–water partition coefficient (Wildman–Crippen LogP) is -0.316. The first-order chi connectivity index (χ1) is 8.92. The van der Waals surface area contributed by atoms with Crippen LogP contribution in [-0.2, 0) is 22.6 Å². The van der Waals surface area contributed by atoms with Crippen molar-refractivity contribution in [3.63, 3.8) is 0 Å². The Balaban J connectivity index is 1.59. The van der Waals surface area contributed by atoms with Crippen molar-refractivity contribution in [1.82, 2.24) is 25.1 Å². The molecule has 1 aromatic heterocycles. The molecule has 0 saturated carbocycles. The van der Waals surface area contributed by atoms with Gasteiger partial charge in [0, 0.05) is 19.7 Å². The maximum absolute atomic E-state index is 5.62. The molecule has 0 bridgehead atoms. The number of hydrogen-bond donors (Lipinski definition) is 0. The predicted molar refractivity (Wildman–Crippen MR) is 62.9 cm³/mol. The van der Waals surface area contributed by atoms with Gasteiger partial charge in [-0.3, -0.25) is 4.90 Å². The summed E-state index contributed by atoms with van der Waals surface area (Å²) in [5.74, 6) is 0.924. The summed E-state index contributed by atoms with van der Waals surface area (Å²) in [6, 6.07) is 0. The quantitative estimate of drug-likeness (QED) is 0.733. The number of ether oxygens (including phenoxy) is 2. The van der Waals surface area contributed by atoms with Gasteiger partial charge in [0.25, 0.3) is 0 Å². The molecular weight excluding hydrogens is 234 g/mol. The van der Waals surface area contributed by atoms with Crippen molar-refractivity contribution >= 4 is 0 Å². The van der Waals surface area contributed by atoms with E-state index in [2.05, 4.69) is 20.4 Å². The Kier molecular flexibility index (Phi) is 3.82. The van der Waals surface area contributed by atoms with Crippen LogP contribution in [0.5, 0.6) is 0 Å². The summed E-state index contributed by atoms with van der Waals surface area (Å²) < 4.78 is 12.8. The van der Waals surface area contributed by atoms with Gasteiger partial charge in [-0.05, 0) is 23.3 Å². The van der Waals surface area contributed by atoms with Gasteiger partial charge in [0.2, 0.25) is 0 Å². The van der Waals surface area contributed by atoms with Crippen LogP contribution in [0.15, 0.2) is 0 Å². The highest BCUT2D eigenvalue weighted by Gasteiger charge is 2.20. The molecule has 100 valence electrons. The van der Waals surface area contributed by atoms with E-state index in [0.29, 0.717) is 0 Å². The van der Waals surface area contributed by atoms with Crippen LogP contribution in [0.4, 0.5) is 0 Å². The minimum Gasteiger partial charge on any atom is -0.379 e. The summed E-state index contributed by atoms with van der Waals surface area (Å²) in [5, 5.41) is 12.0. The summed E-state index contributed by atoms with van der Waals surface area (Å²) in [4.78, 5) is 2.32. The molecule has 2 aliphatic heterocycles. The number of rotatable bonds is 4. The van der Waals surface area contributed by atoms with Crippen molar-refractivity contribution in [3.05, 3.63) is 5.82 Å². The van der Waals surface area contributed by atoms with E-state index in [9.17, 15) is 0 Å². The van der Waals surface area contributed by atoms with Gasteiger partial charge < -0.3 is 9.47 Å². The van der Waals surface area contributed by atoms with Crippen LogP contribution in [0.1, 0.15) is 18.7 Å². The largest absolute Gasteiger partial charge is 0.379 e. The fourth-order valence-electron chi connectivity index (χ4n) is 2.42. The second-order valence-electron chi connectivity index (χ2n) is 4.80. The molecule has 0 aliphatic carbocycles. The molecule has 0 N–H and O–H groups in total. The Hall–Kier alpha value is -1.05. The Labute approximate surface area is 106 Å². The smallest absolute Gasteiger partial charge is 0.165 e. The topological polar surface area (TPSA) is 65.3 Å². The third-order valence-electron chi connectivity index (χ3n) is 3.48. The first kappa shape index (κ1) is 12.0. The molecule has 18 heavy (non-hydrogen) atoms. The van der Waals surface area contributed by atoms with Crippen molar-refractivity contribution < 1.29 is 9.47 Å². The first-order valence-electron chi connectivity index (χ1n) is 6.58. The van der Waals surface area contributed by atoms with Crippen LogP contribution in [0.25, 0.3) is 0 Å². The van der Waals surface area contributed by atoms with E-state index in [0.717, 1.165) is 64.7 Å². The highest BCUT2D eigenvalue weighted by molar-refractivity contribution is 4.83. The van der Waals surface area contributed by atoms with Gasteiger partial charge in [-0.15, -0.1) is 5.10 Å². The van der Waals surface area contributed by atoms with Gasteiger partial charge in [-0.2, -0.15) is 0 Å². The number of nitrogens with zero attached hydrogens (tertiary/aromatic N) is 5. The van der Waals surface area contributed by atoms with Crippen LogP contribution in [0.2, 0.25) is 0 Å². The maximum atomic E-state index is 5.62. The standard InChI is InChI=1S/C11H19N5O2/c1-2-10(18-5-1)8-16-11(12-13-14-16)9-15-3-6-17-7-4-15/h10H,1-9H2. The minimum absolute atomic E-state index is 0.275. The molecule has 0 radical (unpaired) electrons. The Bertz CT molecular complexity index is 371. The normalized spacial score (nSPS) is 25.7. The average Bonchev–Trinajstić information content (AvgIpc) is 3.04. The van der Waals surface area contributed by atoms with Crippen LogP contribution < -0.4 is 0 Å². The lowest BCUT2D eigenvalue weighted by molar-refractivity contribution is 0.0316. The van der Waals surface area contributed by atoms with E-state index >= 15 is 0 Å². The molecule has 0 aromatic carbocycles. The van der Waals surface area contributed by atoms with E-state index in [1.54, 1.807) is 0 Å². The maximum Gasteiger partial charge on any atom is 0.165 e. The zero-order valence-electron chi connectivity index (χ0n) is 10.5. The average molecular weight is 253 g/mol. The molecule has 1 unspecified atom stereocenters. The lowest BCUT2D eigenvalue weighted by Crippen LogP contribution is -2.36. The van der Waals surface area contributed by atoms with Crippen molar-refractivity contribution in [2.24, 2.45) is 0 Å². The highest BCUT2D eigenvalue weighted by Crippen LogP contribution is 2.14. The molecule has 2 aliphatic rings. The van der Waals surface area contributed by atoms with Crippen LogP contribution in [-0.4, -0.2) is 64.1 Å². The van der Waals surface area contributed by atoms with Crippen LogP contribution in [0, 0.1) is 0 Å². The zero-order chi connectivity index (χ0) is 12.2. The third-order valence-corrected chi connectivity index (χ3v) is 3.48. The second-order valence-corrected chi connectivity index (χ2v) is 4.80. The summed E-state index contributed by atoms with van der Waals surface area (Å²) in [7, 11) is 0. The number of tetrazole rings is 1. The van der Waals surface area contributed by atoms with Crippen molar-refractivity contribution in [2.75, 3.05) is 32.9 Å². The van der Waals surface area contributed by atoms with Crippen molar-refractivity contribution in [1.29, 1.82) is 0 Å². The van der Waals surface area contributed by atoms with E-state index in [4.69, 9.17) is 9.47 Å². The van der Waals surface area contributed by atoms with Gasteiger partial charge in [0.15, 0.2) is 5.82 Å². The monoisotopic (exact) mass is 253 g/mol. The number of morpholine rings is 1. The van der Waals surface area contributed by atoms with E-state index in [1.807, 2.05) is 4.68 Å². The van der Waals surface area contributed by atoms with Gasteiger partial charge in [0.05, 0.1) is 32.4 Å². The van der Waals surface area contributed by atoms with Gasteiger partial charge in [0.1, 0.15) is 0 Å². The molecule has 3 rings (SSSR count). The Morgan fingerprint density at radius 3 is 2.89 bits per heavy atom. The lowest BCUT2D eigenvalue weighted by Gasteiger charge is -2.25. The summed E-state index contributed by atoms with van der Waals surface area (Å²) in [5.41, 5.74) is 0. The van der Waals surface area contributed by atoms with Crippen LogP contribution >= 0.6 is 0 Å². The van der Waals surface area contributed by atoms with Gasteiger partial charge in [-0.25, -0.2) is 4.68 Å². The highest BCUT2D eigenvalue weighted by atomic mass is 16.5. The zero-order valence-corrected chi connectivity index (χ0v) is 10.5. The summed E-state index contributed by atoms with van der Waals surface area (Å²) >= 11 is 0. The van der Waals surface area contributed by atoms with Crippen LogP contribution in [0.3, 0.4) is 0 Å². The molecule has 2 saturated heterocycles. The summed E-state index contributed by atoms with van der Waals surface area (Å²) in [6.07, 6.45) is 2.53. The SMILES string of the molecule is C1COC(Cn2nnnc2CN2CCOCC2)C1. The van der Waals surface area contributed by atoms with Crippen molar-refractivity contribution in [3.8, 4) is 0 Å². The fourth-order valence-corrected chi connectivity index (χ4v) is 2.42. The lowest BCUT2D eigenvalue weighted by atomic mass is 10.2. The molecular formula is C11H19N5O2. The molecule has 1 aromatic rings. The van der Waals surface area contributed by atoms with E-state index in [1.165, 1.54) is 0 Å². The van der Waals surface area contributed by atoms with Crippen molar-refractivity contribution in [2.45, 2.75) is 32.0 Å². The number of hydrogen-bond acceptors (Lipinski definition) is 6. The van der Waals surface area contributed by atoms with Gasteiger partial charge >= 0.3 is 0 Å². The Morgan fingerprint density at radius 2 is 2.11 bits per heavy atom. The van der Waals surface area contributed by atoms with Gasteiger partial charge in [-0.1, -0.05) is 0 Å². The first-order valence-corrected chi connectivity index (χ1v) is 6.58. The minimum atomic E-state index is 0.275. The molecule has 3 heterocycles. The third kappa shape index (κ3) is 2.85. The summed E-state index contributed by atoms with van der Waals surface area (Å²) in [6.45, 7) is 5.93. The fraction of sp³-hybridized carbons (Fsp3) is 0.909. The Morgan fingerprint density at radius 1 is 1.22 bits per heavy atom. The molecule has 2 fully saturated rings. The van der Waals surface area contributed by atoms with E-state index in [-0.39, 0.29) is 6.10 Å². The molecule has 7 heteroatoms. The molecule has 1 atom stereocenters. The molecule has 7 nitrogen and oxygen atoms in total. The number of aromatic nitrogens is 4. The second kappa shape index (κ2) is 5.73. The molecule has 0 spiro atoms. The molecule has 0 amide bonds.